The average molecular weight is 396 g/mol. The molecule has 1 aromatic carbocycles. The molecule has 11 heteroatoms. The van der Waals surface area contributed by atoms with Gasteiger partial charge in [0, 0.05) is 12.0 Å². The first-order chi connectivity index (χ1) is 12.1. The second kappa shape index (κ2) is 7.62. The van der Waals surface area contributed by atoms with E-state index in [1.807, 2.05) is 0 Å². The minimum Gasteiger partial charge on any atom is -0.493 e. The summed E-state index contributed by atoms with van der Waals surface area (Å²) in [7, 11) is 2.24. The van der Waals surface area contributed by atoms with Gasteiger partial charge >= 0.3 is 6.18 Å². The number of likely N-dealkylation sites (tertiary alicyclic amines) is 1. The zero-order chi connectivity index (χ0) is 19.6. The number of halogens is 4. The third-order valence-corrected chi connectivity index (χ3v) is 4.43. The fourth-order valence-electron chi connectivity index (χ4n) is 2.80. The molecular weight excluding hydrogens is 380 g/mol. The van der Waals surface area contributed by atoms with Crippen LogP contribution in [0.25, 0.3) is 0 Å². The number of hydrogen-bond acceptors (Lipinski definition) is 5. The highest BCUT2D eigenvalue weighted by molar-refractivity contribution is 7.80. The van der Waals surface area contributed by atoms with Crippen molar-refractivity contribution in [3.8, 4) is 11.5 Å². The van der Waals surface area contributed by atoms with E-state index < -0.39 is 35.6 Å². The molecule has 1 amide bonds. The molecule has 26 heavy (non-hydrogen) atoms. The normalized spacial score (nSPS) is 20.0. The van der Waals surface area contributed by atoms with Crippen molar-refractivity contribution < 1.29 is 37.0 Å². The number of methoxy groups -OCH3 is 2. The molecule has 1 aliphatic heterocycles. The lowest BCUT2D eigenvalue weighted by Gasteiger charge is -2.26. The van der Waals surface area contributed by atoms with Gasteiger partial charge in [-0.2, -0.15) is 13.2 Å². The molecule has 0 saturated carbocycles. The van der Waals surface area contributed by atoms with E-state index in [1.165, 1.54) is 18.7 Å². The Hall–Kier alpha value is -2.14. The van der Waals surface area contributed by atoms with Crippen molar-refractivity contribution in [3.63, 3.8) is 0 Å². The van der Waals surface area contributed by atoms with Crippen LogP contribution in [0.5, 0.6) is 11.5 Å². The molecule has 1 fully saturated rings. The molecule has 2 atom stereocenters. The maximum absolute atomic E-state index is 13.7. The molecule has 1 heterocycles. The number of carbonyl (C=O) groups is 1. The lowest BCUT2D eigenvalue weighted by molar-refractivity contribution is -0.139. The van der Waals surface area contributed by atoms with Gasteiger partial charge < -0.3 is 14.4 Å². The van der Waals surface area contributed by atoms with E-state index in [9.17, 15) is 22.4 Å². The molecule has 0 aliphatic carbocycles. The van der Waals surface area contributed by atoms with E-state index in [1.54, 1.807) is 0 Å². The Morgan fingerprint density at radius 3 is 2.50 bits per heavy atom. The molecule has 1 saturated heterocycles. The standard InChI is InChI=1S/C15H16F4N2O4S/c1-24-11-4-7(3-9(12(11)25-2)15(17,18)19)14(26)21-6-8(16)5-10(21)13(22)20-23/h3-4,8,10,23H,5-6H2,1-2H3,(H,20,22)/t8-,10-/m1/s1. The molecule has 6 nitrogen and oxygen atoms in total. The van der Waals surface area contributed by atoms with Crippen LogP contribution in [0.3, 0.4) is 0 Å². The monoisotopic (exact) mass is 396 g/mol. The molecule has 0 spiro atoms. The van der Waals surface area contributed by atoms with Crippen LogP contribution in [0, 0.1) is 0 Å². The van der Waals surface area contributed by atoms with Gasteiger partial charge in [0.2, 0.25) is 0 Å². The molecule has 144 valence electrons. The van der Waals surface area contributed by atoms with Gasteiger partial charge in [0.1, 0.15) is 22.8 Å². The lowest BCUT2D eigenvalue weighted by atomic mass is 10.1. The van der Waals surface area contributed by atoms with Crippen LogP contribution in [0.2, 0.25) is 0 Å². The number of amides is 1. The lowest BCUT2D eigenvalue weighted by Crippen LogP contribution is -2.44. The van der Waals surface area contributed by atoms with Crippen LogP contribution in [0.4, 0.5) is 17.6 Å². The van der Waals surface area contributed by atoms with Gasteiger partial charge in [-0.15, -0.1) is 0 Å². The molecule has 0 bridgehead atoms. The Labute approximate surface area is 151 Å². The second-order valence-corrected chi connectivity index (χ2v) is 5.93. The van der Waals surface area contributed by atoms with Crippen molar-refractivity contribution >= 4 is 23.1 Å². The highest BCUT2D eigenvalue weighted by atomic mass is 32.1. The zero-order valence-electron chi connectivity index (χ0n) is 13.8. The first-order valence-electron chi connectivity index (χ1n) is 7.36. The number of benzene rings is 1. The van der Waals surface area contributed by atoms with Crippen LogP contribution in [0.1, 0.15) is 17.5 Å². The predicted molar refractivity (Wildman–Crippen MR) is 86.2 cm³/mol. The minimum atomic E-state index is -4.75. The summed E-state index contributed by atoms with van der Waals surface area (Å²) in [4.78, 5) is 12.7. The van der Waals surface area contributed by atoms with Crippen molar-refractivity contribution in [1.29, 1.82) is 0 Å². The van der Waals surface area contributed by atoms with E-state index in [0.29, 0.717) is 0 Å². The maximum Gasteiger partial charge on any atom is 0.420 e. The SMILES string of the molecule is COc1cc(C(=S)N2C[C@H](F)C[C@@H]2C(=O)NO)cc(C(F)(F)F)c1OC. The smallest absolute Gasteiger partial charge is 0.420 e. The number of thiocarbonyl (C=S) groups is 1. The number of hydroxylamine groups is 1. The Morgan fingerprint density at radius 1 is 1.35 bits per heavy atom. The molecule has 1 aromatic rings. The summed E-state index contributed by atoms with van der Waals surface area (Å²) in [5.74, 6) is -1.62. The number of carbonyl (C=O) groups excluding carboxylic acids is 1. The molecule has 2 rings (SSSR count). The first kappa shape index (κ1) is 20.2. The number of rotatable bonds is 4. The van der Waals surface area contributed by atoms with Crippen LogP contribution >= 0.6 is 12.2 Å². The van der Waals surface area contributed by atoms with Crippen molar-refractivity contribution in [2.24, 2.45) is 0 Å². The minimum absolute atomic E-state index is 0.0881. The highest BCUT2D eigenvalue weighted by Gasteiger charge is 2.40. The number of alkyl halides is 4. The number of hydrogen-bond donors (Lipinski definition) is 2. The largest absolute Gasteiger partial charge is 0.493 e. The fourth-order valence-corrected chi connectivity index (χ4v) is 3.12. The Bertz CT molecular complexity index is 714. The van der Waals surface area contributed by atoms with Gasteiger partial charge in [0.05, 0.1) is 20.8 Å². The average Bonchev–Trinajstić information content (AvgIpc) is 2.99. The summed E-state index contributed by atoms with van der Waals surface area (Å²) in [6, 6.07) is 0.837. The third kappa shape index (κ3) is 3.83. The molecule has 0 unspecified atom stereocenters. The van der Waals surface area contributed by atoms with Gasteiger partial charge in [-0.1, -0.05) is 12.2 Å². The van der Waals surface area contributed by atoms with Crippen molar-refractivity contribution in [1.82, 2.24) is 10.4 Å². The Kier molecular flexibility index (Phi) is 5.91. The van der Waals surface area contributed by atoms with Crippen molar-refractivity contribution in [2.45, 2.75) is 24.8 Å². The summed E-state index contributed by atoms with van der Waals surface area (Å²) in [6.45, 7) is -0.285. The number of nitrogens with one attached hydrogen (secondary N) is 1. The summed E-state index contributed by atoms with van der Waals surface area (Å²) in [5.41, 5.74) is 0.206. The topological polar surface area (TPSA) is 71.0 Å². The van der Waals surface area contributed by atoms with E-state index in [4.69, 9.17) is 26.9 Å². The summed E-state index contributed by atoms with van der Waals surface area (Å²) < 4.78 is 63.5. The quantitative estimate of drug-likeness (QED) is 0.352. The second-order valence-electron chi connectivity index (χ2n) is 5.54. The number of nitrogens with zero attached hydrogens (tertiary/aromatic N) is 1. The predicted octanol–water partition coefficient (Wildman–Crippen LogP) is 2.32. The zero-order valence-corrected chi connectivity index (χ0v) is 14.6. The van der Waals surface area contributed by atoms with Gasteiger partial charge in [0.15, 0.2) is 11.5 Å². The van der Waals surface area contributed by atoms with Crippen molar-refractivity contribution in [2.75, 3.05) is 20.8 Å². The summed E-state index contributed by atoms with van der Waals surface area (Å²) >= 11 is 5.18. The Morgan fingerprint density at radius 2 is 2.00 bits per heavy atom. The van der Waals surface area contributed by atoms with Crippen LogP contribution < -0.4 is 15.0 Å². The van der Waals surface area contributed by atoms with Crippen molar-refractivity contribution in [3.05, 3.63) is 23.3 Å². The van der Waals surface area contributed by atoms with Gasteiger partial charge in [-0.25, -0.2) is 9.87 Å². The number of ether oxygens (including phenoxy) is 2. The van der Waals surface area contributed by atoms with Gasteiger partial charge in [-0.05, 0) is 12.1 Å². The molecule has 2 N–H and O–H groups in total. The first-order valence-corrected chi connectivity index (χ1v) is 7.77. The molecule has 0 radical (unpaired) electrons. The van der Waals surface area contributed by atoms with Crippen LogP contribution in [-0.2, 0) is 11.0 Å². The van der Waals surface area contributed by atoms with Gasteiger partial charge in [-0.3, -0.25) is 10.0 Å². The van der Waals surface area contributed by atoms with E-state index >= 15 is 0 Å². The van der Waals surface area contributed by atoms with Crippen LogP contribution in [0.15, 0.2) is 12.1 Å². The fraction of sp³-hybridized carbons (Fsp3) is 0.467. The van der Waals surface area contributed by atoms with Gasteiger partial charge in [0.25, 0.3) is 5.91 Å². The summed E-state index contributed by atoms with van der Waals surface area (Å²) in [5, 5.41) is 8.78. The van der Waals surface area contributed by atoms with E-state index in [0.717, 1.165) is 18.1 Å². The van der Waals surface area contributed by atoms with E-state index in [-0.39, 0.29) is 29.3 Å². The Balaban J connectivity index is 2.50. The highest BCUT2D eigenvalue weighted by Crippen LogP contribution is 2.43. The molecular formula is C15H16F4N2O4S. The third-order valence-electron chi connectivity index (χ3n) is 3.95. The maximum atomic E-state index is 13.7. The molecule has 1 aliphatic rings. The van der Waals surface area contributed by atoms with Crippen LogP contribution in [-0.4, -0.2) is 54.0 Å². The summed E-state index contributed by atoms with van der Waals surface area (Å²) in [6.07, 6.45) is -6.41. The molecule has 0 aromatic heterocycles. The van der Waals surface area contributed by atoms with E-state index in [2.05, 4.69) is 0 Å².